The predicted octanol–water partition coefficient (Wildman–Crippen LogP) is 3.11. The number of rotatable bonds is 7. The number of hydrogen-bond donors (Lipinski definition) is 2. The normalized spacial score (nSPS) is 15.1. The maximum absolute atomic E-state index is 12.3. The molecule has 2 rings (SSSR count). The summed E-state index contributed by atoms with van der Waals surface area (Å²) in [4.78, 5) is 11.9. The lowest BCUT2D eigenvalue weighted by Crippen LogP contribution is -2.29. The monoisotopic (exact) mass is 348 g/mol. The average molecular weight is 349 g/mol. The molecule has 1 aliphatic heterocycles. The lowest BCUT2D eigenvalue weighted by molar-refractivity contribution is -0.121. The second kappa shape index (κ2) is 10.4. The smallest absolute Gasteiger partial charge is 0.387 e. The lowest BCUT2D eigenvalue weighted by Gasteiger charge is -2.22. The van der Waals surface area contributed by atoms with Crippen molar-refractivity contribution in [1.29, 1.82) is 0 Å². The minimum Gasteiger partial charge on any atom is -0.434 e. The van der Waals surface area contributed by atoms with Crippen molar-refractivity contribution in [3.8, 4) is 5.75 Å². The molecule has 0 saturated carbocycles. The molecule has 1 saturated heterocycles. The number of nitrogens with one attached hydrogen (secondary N) is 2. The van der Waals surface area contributed by atoms with Crippen LogP contribution in [0.4, 0.5) is 8.78 Å². The maximum Gasteiger partial charge on any atom is 0.387 e. The Morgan fingerprint density at radius 1 is 1.30 bits per heavy atom. The van der Waals surface area contributed by atoms with E-state index in [2.05, 4.69) is 15.4 Å². The van der Waals surface area contributed by atoms with Crippen molar-refractivity contribution in [1.82, 2.24) is 10.6 Å². The second-order valence-corrected chi connectivity index (χ2v) is 5.50. The van der Waals surface area contributed by atoms with Crippen LogP contribution in [-0.2, 0) is 11.3 Å². The van der Waals surface area contributed by atoms with E-state index in [0.717, 1.165) is 32.4 Å². The van der Waals surface area contributed by atoms with Gasteiger partial charge in [-0.3, -0.25) is 4.79 Å². The number of piperidine rings is 1. The van der Waals surface area contributed by atoms with Gasteiger partial charge in [-0.25, -0.2) is 0 Å². The third-order valence-corrected chi connectivity index (χ3v) is 3.90. The number of ether oxygens (including phenoxy) is 1. The van der Waals surface area contributed by atoms with Crippen LogP contribution in [0.25, 0.3) is 0 Å². The summed E-state index contributed by atoms with van der Waals surface area (Å²) in [5, 5.41) is 6.07. The van der Waals surface area contributed by atoms with Gasteiger partial charge in [-0.2, -0.15) is 8.78 Å². The molecule has 1 aromatic carbocycles. The Labute approximate surface area is 141 Å². The molecule has 1 aliphatic rings. The molecule has 0 unspecified atom stereocenters. The van der Waals surface area contributed by atoms with Crippen molar-refractivity contribution in [3.05, 3.63) is 29.8 Å². The van der Waals surface area contributed by atoms with Gasteiger partial charge in [0, 0.05) is 18.5 Å². The Morgan fingerprint density at radius 3 is 2.70 bits per heavy atom. The van der Waals surface area contributed by atoms with E-state index in [0.29, 0.717) is 17.9 Å². The van der Waals surface area contributed by atoms with E-state index in [4.69, 9.17) is 0 Å². The minimum absolute atomic E-state index is 0. The van der Waals surface area contributed by atoms with E-state index >= 15 is 0 Å². The van der Waals surface area contributed by atoms with E-state index < -0.39 is 6.61 Å². The fraction of sp³-hybridized carbons (Fsp3) is 0.562. The molecule has 1 fully saturated rings. The van der Waals surface area contributed by atoms with Gasteiger partial charge in [0.2, 0.25) is 5.91 Å². The summed E-state index contributed by atoms with van der Waals surface area (Å²) in [7, 11) is 0. The number of para-hydroxylation sites is 1. The van der Waals surface area contributed by atoms with Gasteiger partial charge in [0.25, 0.3) is 0 Å². The van der Waals surface area contributed by atoms with E-state index in [-0.39, 0.29) is 30.6 Å². The first-order valence-corrected chi connectivity index (χ1v) is 7.65. The van der Waals surface area contributed by atoms with Crippen LogP contribution in [0.15, 0.2) is 24.3 Å². The van der Waals surface area contributed by atoms with Crippen molar-refractivity contribution in [2.45, 2.75) is 38.8 Å². The van der Waals surface area contributed by atoms with Crippen LogP contribution in [0.2, 0.25) is 0 Å². The van der Waals surface area contributed by atoms with Crippen LogP contribution in [0.3, 0.4) is 0 Å². The summed E-state index contributed by atoms with van der Waals surface area (Å²) in [5.41, 5.74) is 0.554. The zero-order valence-corrected chi connectivity index (χ0v) is 13.7. The largest absolute Gasteiger partial charge is 0.434 e. The first-order valence-electron chi connectivity index (χ1n) is 7.65. The van der Waals surface area contributed by atoms with Crippen LogP contribution in [-0.4, -0.2) is 25.6 Å². The summed E-state index contributed by atoms with van der Waals surface area (Å²) in [6.07, 6.45) is 3.57. The topological polar surface area (TPSA) is 50.4 Å². The molecular weight excluding hydrogens is 326 g/mol. The molecule has 130 valence electrons. The summed E-state index contributed by atoms with van der Waals surface area (Å²) in [6.45, 7) is -0.625. The predicted molar refractivity (Wildman–Crippen MR) is 87.0 cm³/mol. The molecule has 0 radical (unpaired) electrons. The summed E-state index contributed by atoms with van der Waals surface area (Å²) in [6, 6.07) is 6.50. The molecule has 1 heterocycles. The van der Waals surface area contributed by atoms with Crippen LogP contribution >= 0.6 is 12.4 Å². The minimum atomic E-state index is -2.86. The van der Waals surface area contributed by atoms with Gasteiger partial charge in [0.05, 0.1) is 0 Å². The molecule has 0 aliphatic carbocycles. The highest BCUT2D eigenvalue weighted by molar-refractivity contribution is 5.85. The van der Waals surface area contributed by atoms with Gasteiger partial charge >= 0.3 is 6.61 Å². The maximum atomic E-state index is 12.3. The standard InChI is InChI=1S/C16H22F2N2O2.ClH/c17-16(18)22-14-4-2-1-3-13(14)11-20-15(21)6-5-12-7-9-19-10-8-12;/h1-4,12,16,19H,5-11H2,(H,20,21);1H. The Balaban J connectivity index is 0.00000264. The summed E-state index contributed by atoms with van der Waals surface area (Å²) < 4.78 is 29.1. The average Bonchev–Trinajstić information content (AvgIpc) is 2.52. The molecular formula is C16H23ClF2N2O2. The first-order chi connectivity index (χ1) is 10.6. The van der Waals surface area contributed by atoms with Gasteiger partial charge in [-0.05, 0) is 44.3 Å². The van der Waals surface area contributed by atoms with Gasteiger partial charge in [-0.1, -0.05) is 18.2 Å². The number of carbonyl (C=O) groups is 1. The van der Waals surface area contributed by atoms with E-state index in [1.165, 1.54) is 6.07 Å². The van der Waals surface area contributed by atoms with E-state index in [9.17, 15) is 13.6 Å². The van der Waals surface area contributed by atoms with Crippen LogP contribution in [0.1, 0.15) is 31.2 Å². The fourth-order valence-corrected chi connectivity index (χ4v) is 2.65. The summed E-state index contributed by atoms with van der Waals surface area (Å²) >= 11 is 0. The second-order valence-electron chi connectivity index (χ2n) is 5.50. The molecule has 1 amide bonds. The summed E-state index contributed by atoms with van der Waals surface area (Å²) in [5.74, 6) is 0.656. The zero-order valence-electron chi connectivity index (χ0n) is 12.9. The molecule has 0 atom stereocenters. The van der Waals surface area contributed by atoms with Gasteiger partial charge in [0.15, 0.2) is 0 Å². The lowest BCUT2D eigenvalue weighted by atomic mass is 9.93. The van der Waals surface area contributed by atoms with Crippen molar-refractivity contribution in [3.63, 3.8) is 0 Å². The number of alkyl halides is 2. The van der Waals surface area contributed by atoms with E-state index in [1.807, 2.05) is 0 Å². The number of benzene rings is 1. The van der Waals surface area contributed by atoms with E-state index in [1.54, 1.807) is 18.2 Å². The van der Waals surface area contributed by atoms with Crippen molar-refractivity contribution in [2.24, 2.45) is 5.92 Å². The van der Waals surface area contributed by atoms with Crippen LogP contribution < -0.4 is 15.4 Å². The van der Waals surface area contributed by atoms with Gasteiger partial charge in [0.1, 0.15) is 5.75 Å². The van der Waals surface area contributed by atoms with Crippen LogP contribution in [0, 0.1) is 5.92 Å². The highest BCUT2D eigenvalue weighted by Crippen LogP contribution is 2.20. The molecule has 2 N–H and O–H groups in total. The number of hydrogen-bond acceptors (Lipinski definition) is 3. The SMILES string of the molecule is Cl.O=C(CCC1CCNCC1)NCc1ccccc1OC(F)F. The molecule has 23 heavy (non-hydrogen) atoms. The Bertz CT molecular complexity index is 483. The van der Waals surface area contributed by atoms with Gasteiger partial charge < -0.3 is 15.4 Å². The quantitative estimate of drug-likeness (QED) is 0.796. The number of amides is 1. The molecule has 0 spiro atoms. The Morgan fingerprint density at radius 2 is 2.00 bits per heavy atom. The van der Waals surface area contributed by atoms with Gasteiger partial charge in [-0.15, -0.1) is 12.4 Å². The highest BCUT2D eigenvalue weighted by atomic mass is 35.5. The first kappa shape index (κ1) is 19.6. The van der Waals surface area contributed by atoms with Crippen molar-refractivity contribution in [2.75, 3.05) is 13.1 Å². The molecule has 1 aromatic rings. The highest BCUT2D eigenvalue weighted by Gasteiger charge is 2.15. The molecule has 0 aromatic heterocycles. The number of halogens is 3. The molecule has 4 nitrogen and oxygen atoms in total. The number of carbonyl (C=O) groups excluding carboxylic acids is 1. The Hall–Kier alpha value is -1.40. The Kier molecular flexibility index (Phi) is 8.87. The molecule has 7 heteroatoms. The van der Waals surface area contributed by atoms with Crippen molar-refractivity contribution < 1.29 is 18.3 Å². The molecule has 0 bridgehead atoms. The zero-order chi connectivity index (χ0) is 15.8. The van der Waals surface area contributed by atoms with Crippen LogP contribution in [0.5, 0.6) is 5.75 Å². The fourth-order valence-electron chi connectivity index (χ4n) is 2.65. The van der Waals surface area contributed by atoms with Crippen molar-refractivity contribution >= 4 is 18.3 Å². The third kappa shape index (κ3) is 7.14. The third-order valence-electron chi connectivity index (χ3n) is 3.90.